The second kappa shape index (κ2) is 7.24. The minimum absolute atomic E-state index is 0.0593. The van der Waals surface area contributed by atoms with E-state index < -0.39 is 0 Å². The van der Waals surface area contributed by atoms with Crippen LogP contribution in [0.5, 0.6) is 0 Å². The monoisotopic (exact) mass is 374 g/mol. The van der Waals surface area contributed by atoms with Crippen LogP contribution in [0.25, 0.3) is 11.3 Å². The summed E-state index contributed by atoms with van der Waals surface area (Å²) < 4.78 is 1.58. The van der Waals surface area contributed by atoms with E-state index >= 15 is 0 Å². The van der Waals surface area contributed by atoms with E-state index in [0.717, 1.165) is 42.4 Å². The highest BCUT2D eigenvalue weighted by Crippen LogP contribution is 2.37. The number of pyridine rings is 1. The van der Waals surface area contributed by atoms with Gasteiger partial charge in [0.2, 0.25) is 0 Å². The fourth-order valence-electron chi connectivity index (χ4n) is 3.68. The first-order chi connectivity index (χ1) is 13.7. The van der Waals surface area contributed by atoms with E-state index in [9.17, 15) is 4.79 Å². The van der Waals surface area contributed by atoms with Gasteiger partial charge >= 0.3 is 0 Å². The Morgan fingerprint density at radius 1 is 1.07 bits per heavy atom. The quantitative estimate of drug-likeness (QED) is 0.658. The molecule has 0 unspecified atom stereocenters. The zero-order valence-electron chi connectivity index (χ0n) is 15.6. The Hall–Kier alpha value is -2.93. The lowest BCUT2D eigenvalue weighted by Crippen LogP contribution is -2.49. The van der Waals surface area contributed by atoms with Crippen molar-refractivity contribution in [2.45, 2.75) is 31.8 Å². The van der Waals surface area contributed by atoms with Gasteiger partial charge in [-0.2, -0.15) is 5.10 Å². The summed E-state index contributed by atoms with van der Waals surface area (Å²) in [6.07, 6.45) is 7.80. The van der Waals surface area contributed by atoms with Crippen molar-refractivity contribution in [2.24, 2.45) is 5.92 Å². The maximum atomic E-state index is 12.2. The van der Waals surface area contributed by atoms with Gasteiger partial charge in [-0.3, -0.25) is 14.7 Å². The summed E-state index contributed by atoms with van der Waals surface area (Å²) in [6.45, 7) is 3.39. The molecule has 0 amide bonds. The Morgan fingerprint density at radius 3 is 2.75 bits per heavy atom. The van der Waals surface area contributed by atoms with E-state index in [-0.39, 0.29) is 5.56 Å². The molecule has 4 heterocycles. The van der Waals surface area contributed by atoms with Crippen molar-refractivity contribution in [3.8, 4) is 11.3 Å². The van der Waals surface area contributed by atoms with Crippen LogP contribution in [0.1, 0.15) is 30.3 Å². The second-order valence-electron chi connectivity index (χ2n) is 7.72. The van der Waals surface area contributed by atoms with Crippen molar-refractivity contribution < 1.29 is 0 Å². The van der Waals surface area contributed by atoms with Gasteiger partial charge in [0, 0.05) is 61.7 Å². The van der Waals surface area contributed by atoms with Gasteiger partial charge in [-0.1, -0.05) is 0 Å². The van der Waals surface area contributed by atoms with Crippen LogP contribution in [-0.2, 0) is 13.1 Å². The van der Waals surface area contributed by atoms with Gasteiger partial charge in [-0.25, -0.2) is 14.6 Å². The third-order valence-corrected chi connectivity index (χ3v) is 5.35. The van der Waals surface area contributed by atoms with Crippen LogP contribution < -0.4 is 5.56 Å². The summed E-state index contributed by atoms with van der Waals surface area (Å²) in [4.78, 5) is 27.8. The largest absolute Gasteiger partial charge is 0.297 e. The first kappa shape index (κ1) is 17.2. The van der Waals surface area contributed by atoms with E-state index in [1.807, 2.05) is 24.4 Å². The Balaban J connectivity index is 1.21. The molecule has 0 bridgehead atoms. The third kappa shape index (κ3) is 3.71. The molecule has 1 saturated carbocycles. The molecule has 2 aliphatic rings. The molecular weight excluding hydrogens is 352 g/mol. The van der Waals surface area contributed by atoms with Crippen LogP contribution in [0.2, 0.25) is 0 Å². The molecule has 1 aliphatic carbocycles. The average molecular weight is 374 g/mol. The summed E-state index contributed by atoms with van der Waals surface area (Å²) in [5.74, 6) is 2.01. The van der Waals surface area contributed by atoms with Crippen molar-refractivity contribution in [1.29, 1.82) is 0 Å². The first-order valence-corrected chi connectivity index (χ1v) is 9.77. The molecule has 0 atom stereocenters. The molecule has 0 aromatic carbocycles. The van der Waals surface area contributed by atoms with Gasteiger partial charge in [-0.15, -0.1) is 0 Å². The number of hydrogen-bond donors (Lipinski definition) is 0. The molecule has 0 N–H and O–H groups in total. The standard InChI is InChI=1S/C21H22N6O/c28-20-6-5-19(17-2-1-8-22-10-17)25-27(20)13-15-11-26(12-15)14-18-7-9-23-21(24-18)16-3-4-16/h1-2,5-10,15-16H,3-4,11-14H2. The number of rotatable bonds is 6. The fraction of sp³-hybridized carbons (Fsp3) is 0.381. The van der Waals surface area contributed by atoms with E-state index in [1.165, 1.54) is 12.8 Å². The van der Waals surface area contributed by atoms with Gasteiger partial charge in [0.15, 0.2) is 0 Å². The lowest BCUT2D eigenvalue weighted by atomic mass is 10.00. The van der Waals surface area contributed by atoms with E-state index in [2.05, 4.69) is 20.0 Å². The number of likely N-dealkylation sites (tertiary alicyclic amines) is 1. The molecule has 7 nitrogen and oxygen atoms in total. The van der Waals surface area contributed by atoms with Gasteiger partial charge in [-0.05, 0) is 37.1 Å². The fourth-order valence-corrected chi connectivity index (χ4v) is 3.68. The van der Waals surface area contributed by atoms with Crippen molar-refractivity contribution in [3.63, 3.8) is 0 Å². The molecule has 7 heteroatoms. The molecule has 3 aromatic rings. The Morgan fingerprint density at radius 2 is 1.96 bits per heavy atom. The molecular formula is C21H22N6O. The van der Waals surface area contributed by atoms with Crippen molar-refractivity contribution >= 4 is 0 Å². The van der Waals surface area contributed by atoms with Gasteiger partial charge in [0.05, 0.1) is 17.9 Å². The van der Waals surface area contributed by atoms with E-state index in [4.69, 9.17) is 4.98 Å². The molecule has 1 saturated heterocycles. The highest BCUT2D eigenvalue weighted by molar-refractivity contribution is 5.56. The highest BCUT2D eigenvalue weighted by Gasteiger charge is 2.29. The van der Waals surface area contributed by atoms with Crippen LogP contribution in [0, 0.1) is 5.92 Å². The number of nitrogens with zero attached hydrogens (tertiary/aromatic N) is 6. The summed E-state index contributed by atoms with van der Waals surface area (Å²) in [6, 6.07) is 9.18. The maximum absolute atomic E-state index is 12.2. The Bertz CT molecular complexity index is 1020. The summed E-state index contributed by atoms with van der Waals surface area (Å²) in [5, 5.41) is 4.54. The Labute approximate surface area is 163 Å². The molecule has 142 valence electrons. The molecule has 3 aromatic heterocycles. The third-order valence-electron chi connectivity index (χ3n) is 5.35. The van der Waals surface area contributed by atoms with Crippen LogP contribution in [-0.4, -0.2) is 42.7 Å². The smallest absolute Gasteiger partial charge is 0.266 e. The molecule has 5 rings (SSSR count). The zero-order chi connectivity index (χ0) is 18.9. The SMILES string of the molecule is O=c1ccc(-c2cccnc2)nn1CC1CN(Cc2ccnc(C3CC3)n2)C1. The van der Waals surface area contributed by atoms with Crippen LogP contribution in [0.4, 0.5) is 0 Å². The van der Waals surface area contributed by atoms with Crippen LogP contribution in [0.3, 0.4) is 0 Å². The van der Waals surface area contributed by atoms with Gasteiger partial charge < -0.3 is 0 Å². The zero-order valence-corrected chi connectivity index (χ0v) is 15.6. The molecule has 1 aliphatic heterocycles. The minimum atomic E-state index is -0.0593. The van der Waals surface area contributed by atoms with Crippen molar-refractivity contribution in [2.75, 3.05) is 13.1 Å². The first-order valence-electron chi connectivity index (χ1n) is 9.77. The summed E-state index contributed by atoms with van der Waals surface area (Å²) >= 11 is 0. The molecule has 0 radical (unpaired) electrons. The second-order valence-corrected chi connectivity index (χ2v) is 7.72. The van der Waals surface area contributed by atoms with Gasteiger partial charge in [0.25, 0.3) is 5.56 Å². The summed E-state index contributed by atoms with van der Waals surface area (Å²) in [5.41, 5.74) is 2.72. The van der Waals surface area contributed by atoms with Crippen LogP contribution >= 0.6 is 0 Å². The normalized spacial score (nSPS) is 17.4. The predicted molar refractivity (Wildman–Crippen MR) is 105 cm³/mol. The Kier molecular flexibility index (Phi) is 4.44. The maximum Gasteiger partial charge on any atom is 0.266 e. The van der Waals surface area contributed by atoms with Crippen LogP contribution in [0.15, 0.2) is 53.7 Å². The number of hydrogen-bond acceptors (Lipinski definition) is 6. The van der Waals surface area contributed by atoms with E-state index in [0.29, 0.717) is 18.4 Å². The highest BCUT2D eigenvalue weighted by atomic mass is 16.1. The minimum Gasteiger partial charge on any atom is -0.297 e. The summed E-state index contributed by atoms with van der Waals surface area (Å²) in [7, 11) is 0. The number of aromatic nitrogens is 5. The lowest BCUT2D eigenvalue weighted by molar-refractivity contribution is 0.0754. The topological polar surface area (TPSA) is 76.8 Å². The average Bonchev–Trinajstić information content (AvgIpc) is 3.54. The van der Waals surface area contributed by atoms with Crippen molar-refractivity contribution in [1.82, 2.24) is 29.6 Å². The molecule has 0 spiro atoms. The molecule has 2 fully saturated rings. The molecule has 28 heavy (non-hydrogen) atoms. The van der Waals surface area contributed by atoms with Crippen molar-refractivity contribution in [3.05, 3.63) is 70.8 Å². The van der Waals surface area contributed by atoms with E-state index in [1.54, 1.807) is 29.2 Å². The van der Waals surface area contributed by atoms with Gasteiger partial charge in [0.1, 0.15) is 5.82 Å². The predicted octanol–water partition coefficient (Wildman–Crippen LogP) is 2.10. The lowest BCUT2D eigenvalue weighted by Gasteiger charge is -2.39.